The van der Waals surface area contributed by atoms with Crippen LogP contribution in [0.4, 0.5) is 0 Å². The average Bonchev–Trinajstić information content (AvgIpc) is 2.69. The Bertz CT molecular complexity index is 956. The highest BCUT2D eigenvalue weighted by Gasteiger charge is 2.06. The molecule has 138 valence electrons. The lowest BCUT2D eigenvalue weighted by Gasteiger charge is -2.08. The van der Waals surface area contributed by atoms with Crippen LogP contribution in [0.2, 0.25) is 0 Å². The lowest BCUT2D eigenvalue weighted by atomic mass is 10.2. The van der Waals surface area contributed by atoms with Gasteiger partial charge >= 0.3 is 0 Å². The van der Waals surface area contributed by atoms with E-state index >= 15 is 0 Å². The number of amides is 1. The fourth-order valence-corrected chi connectivity index (χ4v) is 2.92. The number of carbonyl (C=O) groups is 1. The predicted octanol–water partition coefficient (Wildman–Crippen LogP) is 3.01. The molecule has 1 N–H and O–H groups in total. The summed E-state index contributed by atoms with van der Waals surface area (Å²) in [4.78, 5) is 28.1. The summed E-state index contributed by atoms with van der Waals surface area (Å²) in [5.74, 6) is -0.0370. The van der Waals surface area contributed by atoms with Gasteiger partial charge in [0.25, 0.3) is 5.56 Å². The van der Waals surface area contributed by atoms with Crippen LogP contribution in [0.5, 0.6) is 0 Å². The molecule has 3 rings (SSSR count). The summed E-state index contributed by atoms with van der Waals surface area (Å²) in [6, 6.07) is 14.9. The number of nitrogens with one attached hydrogen (secondary N) is 1. The van der Waals surface area contributed by atoms with Gasteiger partial charge in [-0.3, -0.25) is 14.6 Å². The van der Waals surface area contributed by atoms with E-state index in [-0.39, 0.29) is 11.5 Å². The molecule has 0 saturated heterocycles. The zero-order valence-corrected chi connectivity index (χ0v) is 16.8. The number of hydrogen-bond donors (Lipinski definition) is 1. The molecule has 0 aliphatic carbocycles. The van der Waals surface area contributed by atoms with Crippen molar-refractivity contribution in [2.75, 3.05) is 0 Å². The van der Waals surface area contributed by atoms with Crippen molar-refractivity contribution < 1.29 is 4.79 Å². The highest BCUT2D eigenvalue weighted by atomic mass is 127. The Morgan fingerprint density at radius 2 is 1.93 bits per heavy atom. The van der Waals surface area contributed by atoms with Crippen molar-refractivity contribution in [2.45, 2.75) is 25.9 Å². The van der Waals surface area contributed by atoms with Gasteiger partial charge in [0.2, 0.25) is 5.91 Å². The molecular formula is C20H19IN4O2. The van der Waals surface area contributed by atoms with E-state index in [1.54, 1.807) is 18.5 Å². The van der Waals surface area contributed by atoms with Crippen LogP contribution in [-0.4, -0.2) is 20.7 Å². The summed E-state index contributed by atoms with van der Waals surface area (Å²) in [6.45, 7) is 0.897. The molecule has 1 amide bonds. The molecule has 0 unspecified atom stereocenters. The lowest BCUT2D eigenvalue weighted by Crippen LogP contribution is -2.25. The standard InChI is InChI=1S/C20H19IN4O2/c21-17-7-5-15(6-8-17)13-23-19(26)4-2-12-25-20(27)10-9-18(24-25)16-3-1-11-22-14-16/h1,3,5-11,14H,2,4,12-13H2,(H,23,26). The molecule has 0 radical (unpaired) electrons. The molecule has 0 aliphatic rings. The van der Waals surface area contributed by atoms with Gasteiger partial charge in [-0.05, 0) is 64.9 Å². The van der Waals surface area contributed by atoms with Crippen LogP contribution >= 0.6 is 22.6 Å². The maximum Gasteiger partial charge on any atom is 0.266 e. The molecule has 0 saturated carbocycles. The smallest absolute Gasteiger partial charge is 0.266 e. The minimum atomic E-state index is -0.179. The third-order valence-electron chi connectivity index (χ3n) is 4.00. The number of aryl methyl sites for hydroxylation is 1. The van der Waals surface area contributed by atoms with E-state index in [0.717, 1.165) is 14.7 Å². The van der Waals surface area contributed by atoms with Gasteiger partial charge in [0.05, 0.1) is 5.69 Å². The van der Waals surface area contributed by atoms with E-state index in [1.165, 1.54) is 10.7 Å². The highest BCUT2D eigenvalue weighted by molar-refractivity contribution is 14.1. The second-order valence-electron chi connectivity index (χ2n) is 6.03. The van der Waals surface area contributed by atoms with E-state index in [4.69, 9.17) is 0 Å². The second kappa shape index (κ2) is 9.40. The minimum Gasteiger partial charge on any atom is -0.352 e. The molecule has 0 aliphatic heterocycles. The zero-order chi connectivity index (χ0) is 19.1. The highest BCUT2D eigenvalue weighted by Crippen LogP contribution is 2.12. The van der Waals surface area contributed by atoms with Gasteiger partial charge in [0.15, 0.2) is 0 Å². The topological polar surface area (TPSA) is 76.9 Å². The molecular weight excluding hydrogens is 455 g/mol. The van der Waals surface area contributed by atoms with Gasteiger partial charge in [0, 0.05) is 47.1 Å². The summed E-state index contributed by atoms with van der Waals surface area (Å²) in [7, 11) is 0. The van der Waals surface area contributed by atoms with Crippen LogP contribution in [0.1, 0.15) is 18.4 Å². The SMILES string of the molecule is O=C(CCCn1nc(-c2cccnc2)ccc1=O)NCc1ccc(I)cc1. The molecule has 7 heteroatoms. The van der Waals surface area contributed by atoms with Crippen molar-refractivity contribution in [3.8, 4) is 11.3 Å². The first-order chi connectivity index (χ1) is 13.1. The molecule has 6 nitrogen and oxygen atoms in total. The van der Waals surface area contributed by atoms with Crippen molar-refractivity contribution in [2.24, 2.45) is 0 Å². The van der Waals surface area contributed by atoms with Gasteiger partial charge in [-0.15, -0.1) is 0 Å². The Morgan fingerprint density at radius 1 is 1.11 bits per heavy atom. The van der Waals surface area contributed by atoms with Gasteiger partial charge in [0.1, 0.15) is 0 Å². The fourth-order valence-electron chi connectivity index (χ4n) is 2.56. The Labute approximate surface area is 170 Å². The molecule has 1 aromatic carbocycles. The van der Waals surface area contributed by atoms with E-state index < -0.39 is 0 Å². The maximum absolute atomic E-state index is 12.0. The Balaban J connectivity index is 1.51. The van der Waals surface area contributed by atoms with Crippen LogP contribution in [-0.2, 0) is 17.9 Å². The maximum atomic E-state index is 12.0. The third kappa shape index (κ3) is 5.72. The second-order valence-corrected chi connectivity index (χ2v) is 7.27. The summed E-state index contributed by atoms with van der Waals surface area (Å²) in [5.41, 5.74) is 2.42. The first-order valence-corrected chi connectivity index (χ1v) is 9.69. The first-order valence-electron chi connectivity index (χ1n) is 8.61. The van der Waals surface area contributed by atoms with Gasteiger partial charge in [-0.1, -0.05) is 12.1 Å². The molecule has 0 spiro atoms. The number of aromatic nitrogens is 3. The molecule has 3 aromatic rings. The number of rotatable bonds is 7. The van der Waals surface area contributed by atoms with E-state index in [2.05, 4.69) is 38.0 Å². The van der Waals surface area contributed by atoms with Crippen molar-refractivity contribution >= 4 is 28.5 Å². The molecule has 27 heavy (non-hydrogen) atoms. The molecule has 0 atom stereocenters. The summed E-state index contributed by atoms with van der Waals surface area (Å²) < 4.78 is 2.56. The van der Waals surface area contributed by atoms with Gasteiger partial charge in [-0.2, -0.15) is 5.10 Å². The molecule has 2 aromatic heterocycles. The van der Waals surface area contributed by atoms with Crippen molar-refractivity contribution in [3.05, 3.63) is 80.4 Å². The van der Waals surface area contributed by atoms with Gasteiger partial charge < -0.3 is 5.32 Å². The lowest BCUT2D eigenvalue weighted by molar-refractivity contribution is -0.121. The number of halogens is 1. The zero-order valence-electron chi connectivity index (χ0n) is 14.6. The third-order valence-corrected chi connectivity index (χ3v) is 4.72. The summed E-state index contributed by atoms with van der Waals surface area (Å²) in [6.07, 6.45) is 4.28. The quantitative estimate of drug-likeness (QED) is 0.535. The minimum absolute atomic E-state index is 0.0370. The predicted molar refractivity (Wildman–Crippen MR) is 112 cm³/mol. The van der Waals surface area contributed by atoms with Crippen molar-refractivity contribution in [3.63, 3.8) is 0 Å². The Morgan fingerprint density at radius 3 is 2.67 bits per heavy atom. The van der Waals surface area contributed by atoms with Crippen molar-refractivity contribution in [1.29, 1.82) is 0 Å². The number of benzene rings is 1. The van der Waals surface area contributed by atoms with E-state index in [9.17, 15) is 9.59 Å². The normalized spacial score (nSPS) is 10.6. The average molecular weight is 474 g/mol. The van der Waals surface area contributed by atoms with Crippen LogP contribution in [0.25, 0.3) is 11.3 Å². The van der Waals surface area contributed by atoms with Crippen LogP contribution in [0.3, 0.4) is 0 Å². The van der Waals surface area contributed by atoms with Crippen LogP contribution < -0.4 is 10.9 Å². The van der Waals surface area contributed by atoms with E-state index in [0.29, 0.717) is 31.6 Å². The Hall–Kier alpha value is -2.55. The molecule has 2 heterocycles. The van der Waals surface area contributed by atoms with Gasteiger partial charge in [-0.25, -0.2) is 4.68 Å². The number of pyridine rings is 1. The first kappa shape index (κ1) is 19.2. The summed E-state index contributed by atoms with van der Waals surface area (Å²) >= 11 is 2.25. The number of carbonyl (C=O) groups excluding carboxylic acids is 1. The fraction of sp³-hybridized carbons (Fsp3) is 0.200. The molecule has 0 bridgehead atoms. The number of hydrogen-bond acceptors (Lipinski definition) is 4. The monoisotopic (exact) mass is 474 g/mol. The van der Waals surface area contributed by atoms with Crippen LogP contribution in [0.15, 0.2) is 65.7 Å². The summed E-state index contributed by atoms with van der Waals surface area (Å²) in [5, 5.41) is 7.27. The van der Waals surface area contributed by atoms with Crippen LogP contribution in [0, 0.1) is 3.57 Å². The van der Waals surface area contributed by atoms with Crippen molar-refractivity contribution in [1.82, 2.24) is 20.1 Å². The molecule has 0 fully saturated rings. The Kier molecular flexibility index (Phi) is 6.69. The number of nitrogens with zero attached hydrogens (tertiary/aromatic N) is 3. The largest absolute Gasteiger partial charge is 0.352 e. The van der Waals surface area contributed by atoms with E-state index in [1.807, 2.05) is 36.4 Å².